The summed E-state index contributed by atoms with van der Waals surface area (Å²) in [7, 11) is 0. The first kappa shape index (κ1) is 27.2. The molecule has 0 spiro atoms. The molecule has 16 nitrogen and oxygen atoms in total. The van der Waals surface area contributed by atoms with Gasteiger partial charge in [-0.25, -0.2) is 9.59 Å². The predicted molar refractivity (Wildman–Crippen MR) is 127 cm³/mol. The van der Waals surface area contributed by atoms with E-state index in [4.69, 9.17) is 9.47 Å². The number of oxime groups is 1. The monoisotopic (exact) mass is 505 g/mol. The lowest BCUT2D eigenvalue weighted by Crippen LogP contribution is -2.29. The van der Waals surface area contributed by atoms with Crippen molar-refractivity contribution in [1.29, 1.82) is 0 Å². The molecule has 4 N–H and O–H groups in total. The number of aromatic nitrogens is 1. The Bertz CT molecular complexity index is 1120. The molecule has 192 valence electrons. The Balaban J connectivity index is 2.75. The molecule has 0 aliphatic rings. The first-order chi connectivity index (χ1) is 17.1. The van der Waals surface area contributed by atoms with Crippen molar-refractivity contribution >= 4 is 46.6 Å². The molecule has 2 aromatic rings. The summed E-state index contributed by atoms with van der Waals surface area (Å²) in [5.74, 6) is -1.51. The molecular formula is C20H23N7O9. The minimum atomic E-state index is -1.13. The van der Waals surface area contributed by atoms with Gasteiger partial charge in [-0.1, -0.05) is 35.5 Å². The van der Waals surface area contributed by atoms with Crippen LogP contribution in [0.2, 0.25) is 0 Å². The van der Waals surface area contributed by atoms with Crippen molar-refractivity contribution in [1.82, 2.24) is 4.98 Å². The van der Waals surface area contributed by atoms with Gasteiger partial charge in [0.2, 0.25) is 17.3 Å². The summed E-state index contributed by atoms with van der Waals surface area (Å²) < 4.78 is 9.44. The summed E-state index contributed by atoms with van der Waals surface area (Å²) in [6.07, 6.45) is -2.27. The molecule has 1 heterocycles. The number of nitrogens with one attached hydrogen (secondary N) is 3. The number of rotatable bonds is 10. The van der Waals surface area contributed by atoms with Gasteiger partial charge in [0, 0.05) is 5.56 Å². The van der Waals surface area contributed by atoms with Crippen molar-refractivity contribution in [2.45, 2.75) is 26.8 Å². The SMILES string of the molecule is CCOC(=O)Nc1nc(NC(=O)OCC)c([N+](=O)[O-])c(NC(C)/C(=N/O)c2ccccc2)c1[N+](=O)[O-]. The van der Waals surface area contributed by atoms with Crippen LogP contribution in [0.1, 0.15) is 26.3 Å². The molecule has 16 heteroatoms. The van der Waals surface area contributed by atoms with Crippen LogP contribution >= 0.6 is 0 Å². The third kappa shape index (κ3) is 6.52. The Labute approximate surface area is 203 Å². The highest BCUT2D eigenvalue weighted by Crippen LogP contribution is 2.44. The smallest absolute Gasteiger partial charge is 0.412 e. The maximum Gasteiger partial charge on any atom is 0.412 e. The van der Waals surface area contributed by atoms with Crippen molar-refractivity contribution in [3.05, 3.63) is 56.1 Å². The second-order valence-electron chi connectivity index (χ2n) is 6.80. The maximum atomic E-state index is 12.0. The van der Waals surface area contributed by atoms with Gasteiger partial charge in [0.25, 0.3) is 0 Å². The molecule has 0 aliphatic carbocycles. The van der Waals surface area contributed by atoms with E-state index in [-0.39, 0.29) is 18.9 Å². The highest BCUT2D eigenvalue weighted by Gasteiger charge is 2.38. The van der Waals surface area contributed by atoms with Crippen LogP contribution in [-0.4, -0.2) is 57.2 Å². The number of benzene rings is 1. The number of amides is 2. The summed E-state index contributed by atoms with van der Waals surface area (Å²) in [6.45, 7) is 4.22. The molecule has 0 saturated carbocycles. The van der Waals surface area contributed by atoms with Crippen molar-refractivity contribution < 1.29 is 34.1 Å². The molecule has 0 fully saturated rings. The fourth-order valence-electron chi connectivity index (χ4n) is 3.05. The van der Waals surface area contributed by atoms with Gasteiger partial charge in [-0.05, 0) is 20.8 Å². The van der Waals surface area contributed by atoms with Gasteiger partial charge in [0.1, 0.15) is 5.71 Å². The first-order valence-electron chi connectivity index (χ1n) is 10.4. The van der Waals surface area contributed by atoms with Crippen molar-refractivity contribution in [3.8, 4) is 0 Å². The second-order valence-corrected chi connectivity index (χ2v) is 6.80. The minimum absolute atomic E-state index is 0.0178. The topological polar surface area (TPSA) is 220 Å². The molecule has 1 aromatic heterocycles. The maximum absolute atomic E-state index is 12.0. The lowest BCUT2D eigenvalue weighted by Gasteiger charge is -2.19. The first-order valence-corrected chi connectivity index (χ1v) is 10.4. The number of nitro groups is 2. The number of nitrogens with zero attached hydrogens (tertiary/aromatic N) is 4. The van der Waals surface area contributed by atoms with E-state index < -0.39 is 56.8 Å². The molecule has 1 atom stereocenters. The number of anilines is 3. The standard InChI is InChI=1S/C20H23N7O9/c1-4-35-19(28)23-17-15(26(31)32)14(16(27(33)34)18(22-17)24-20(29)36-5-2)21-11(3)13(25-30)12-9-7-6-8-10-12/h6-11,30H,4-5H2,1-3H3,(H3,21,22,23,24,28,29)/b25-13-. The van der Waals surface area contributed by atoms with E-state index in [1.54, 1.807) is 30.3 Å². The van der Waals surface area contributed by atoms with Crippen LogP contribution in [-0.2, 0) is 9.47 Å². The van der Waals surface area contributed by atoms with E-state index >= 15 is 0 Å². The third-order valence-electron chi connectivity index (χ3n) is 4.45. The minimum Gasteiger partial charge on any atom is -0.450 e. The van der Waals surface area contributed by atoms with E-state index in [1.807, 2.05) is 10.6 Å². The van der Waals surface area contributed by atoms with Crippen LogP contribution in [0.5, 0.6) is 0 Å². The molecule has 1 unspecified atom stereocenters. The Hall–Kier alpha value is -5.02. The van der Waals surface area contributed by atoms with E-state index in [2.05, 4.69) is 15.5 Å². The normalized spacial score (nSPS) is 11.7. The van der Waals surface area contributed by atoms with Crippen LogP contribution in [0.4, 0.5) is 38.3 Å². The van der Waals surface area contributed by atoms with Gasteiger partial charge >= 0.3 is 23.6 Å². The van der Waals surface area contributed by atoms with Gasteiger partial charge in [-0.3, -0.25) is 30.9 Å². The summed E-state index contributed by atoms with van der Waals surface area (Å²) in [5.41, 5.74) is -2.34. The van der Waals surface area contributed by atoms with E-state index in [0.29, 0.717) is 5.56 Å². The summed E-state index contributed by atoms with van der Waals surface area (Å²) in [5, 5.41) is 43.5. The van der Waals surface area contributed by atoms with Gasteiger partial charge in [0.15, 0.2) is 0 Å². The van der Waals surface area contributed by atoms with E-state index in [9.17, 15) is 35.0 Å². The molecule has 0 saturated heterocycles. The van der Waals surface area contributed by atoms with Gasteiger partial charge < -0.3 is 20.0 Å². The summed E-state index contributed by atoms with van der Waals surface area (Å²) >= 11 is 0. The quantitative estimate of drug-likeness (QED) is 0.158. The zero-order chi connectivity index (χ0) is 26.8. The van der Waals surface area contributed by atoms with Crippen LogP contribution in [0.15, 0.2) is 35.5 Å². The Morgan fingerprint density at radius 1 is 1.00 bits per heavy atom. The molecule has 1 aromatic carbocycles. The number of ether oxygens (including phenoxy) is 2. The molecule has 2 rings (SSSR count). The molecule has 0 aliphatic heterocycles. The largest absolute Gasteiger partial charge is 0.450 e. The number of hydrogen-bond acceptors (Lipinski definition) is 12. The summed E-state index contributed by atoms with van der Waals surface area (Å²) in [6, 6.07) is 7.12. The Morgan fingerprint density at radius 3 is 1.86 bits per heavy atom. The molecule has 0 radical (unpaired) electrons. The fraction of sp³-hybridized carbons (Fsp3) is 0.300. The van der Waals surface area contributed by atoms with Crippen LogP contribution in [0, 0.1) is 20.2 Å². The second kappa shape index (κ2) is 12.4. The highest BCUT2D eigenvalue weighted by molar-refractivity contribution is 6.06. The number of carbonyl (C=O) groups is 2. The Kier molecular flexibility index (Phi) is 9.41. The van der Waals surface area contributed by atoms with Crippen LogP contribution < -0.4 is 16.0 Å². The zero-order valence-corrected chi connectivity index (χ0v) is 19.4. The van der Waals surface area contributed by atoms with Crippen molar-refractivity contribution in [3.63, 3.8) is 0 Å². The van der Waals surface area contributed by atoms with Crippen molar-refractivity contribution in [2.75, 3.05) is 29.2 Å². The lowest BCUT2D eigenvalue weighted by molar-refractivity contribution is -0.391. The predicted octanol–water partition coefficient (Wildman–Crippen LogP) is 3.71. The van der Waals surface area contributed by atoms with Crippen LogP contribution in [0.3, 0.4) is 0 Å². The number of pyridine rings is 1. The average Bonchev–Trinajstić information content (AvgIpc) is 2.80. The summed E-state index contributed by atoms with van der Waals surface area (Å²) in [4.78, 5) is 49.7. The molecular weight excluding hydrogens is 482 g/mol. The average molecular weight is 505 g/mol. The lowest BCUT2D eigenvalue weighted by atomic mass is 10.0. The number of hydrogen-bond donors (Lipinski definition) is 4. The molecule has 36 heavy (non-hydrogen) atoms. The van der Waals surface area contributed by atoms with Gasteiger partial charge in [0.05, 0.1) is 29.1 Å². The van der Waals surface area contributed by atoms with Gasteiger partial charge in [-0.2, -0.15) is 4.98 Å². The van der Waals surface area contributed by atoms with Crippen LogP contribution in [0.25, 0.3) is 0 Å². The zero-order valence-electron chi connectivity index (χ0n) is 19.4. The van der Waals surface area contributed by atoms with E-state index in [1.165, 1.54) is 20.8 Å². The number of carbonyl (C=O) groups excluding carboxylic acids is 2. The van der Waals surface area contributed by atoms with Gasteiger partial charge in [-0.15, -0.1) is 0 Å². The van der Waals surface area contributed by atoms with Crippen molar-refractivity contribution in [2.24, 2.45) is 5.16 Å². The highest BCUT2D eigenvalue weighted by atomic mass is 16.6. The third-order valence-corrected chi connectivity index (χ3v) is 4.45. The molecule has 0 bridgehead atoms. The van der Waals surface area contributed by atoms with E-state index in [0.717, 1.165) is 0 Å². The Morgan fingerprint density at radius 2 is 1.47 bits per heavy atom. The fourth-order valence-corrected chi connectivity index (χ4v) is 3.05. The molecule has 2 amide bonds.